The molecule has 5 atom stereocenters. The van der Waals surface area contributed by atoms with Crippen molar-refractivity contribution in [2.24, 2.45) is 23.7 Å². The monoisotopic (exact) mass is 240 g/mol. The van der Waals surface area contributed by atoms with Crippen molar-refractivity contribution in [3.8, 4) is 0 Å². The van der Waals surface area contributed by atoms with E-state index in [1.807, 2.05) is 0 Å². The van der Waals surface area contributed by atoms with Crippen LogP contribution in [0.1, 0.15) is 72.6 Å². The summed E-state index contributed by atoms with van der Waals surface area (Å²) < 4.78 is 0. The average molecular weight is 240 g/mol. The Morgan fingerprint density at radius 2 is 1.59 bits per heavy atom. The van der Waals surface area contributed by atoms with Crippen molar-refractivity contribution in [3.05, 3.63) is 0 Å². The third-order valence-corrected chi connectivity index (χ3v) is 4.93. The zero-order valence-corrected chi connectivity index (χ0v) is 12.3. The van der Waals surface area contributed by atoms with Crippen LogP contribution in [0.2, 0.25) is 0 Å². The molecule has 0 bridgehead atoms. The molecule has 1 heteroatoms. The van der Waals surface area contributed by atoms with Crippen LogP contribution in [0.5, 0.6) is 0 Å². The molecule has 0 radical (unpaired) electrons. The first-order valence-electron chi connectivity index (χ1n) is 7.78. The Kier molecular flexibility index (Phi) is 6.54. The quantitative estimate of drug-likeness (QED) is 0.717. The first-order valence-corrected chi connectivity index (χ1v) is 7.78. The molecule has 1 saturated carbocycles. The zero-order valence-electron chi connectivity index (χ0n) is 12.3. The fourth-order valence-corrected chi connectivity index (χ4v) is 3.71. The summed E-state index contributed by atoms with van der Waals surface area (Å²) in [6, 6.07) is 0. The fourth-order valence-electron chi connectivity index (χ4n) is 3.71. The lowest BCUT2D eigenvalue weighted by molar-refractivity contribution is 0.00697. The van der Waals surface area contributed by atoms with Gasteiger partial charge in [-0.1, -0.05) is 53.4 Å². The Balaban J connectivity index is 2.52. The van der Waals surface area contributed by atoms with Crippen molar-refractivity contribution in [1.82, 2.24) is 0 Å². The summed E-state index contributed by atoms with van der Waals surface area (Å²) in [6.45, 7) is 9.28. The van der Waals surface area contributed by atoms with Crippen LogP contribution in [-0.2, 0) is 0 Å². The van der Waals surface area contributed by atoms with Gasteiger partial charge >= 0.3 is 0 Å². The van der Waals surface area contributed by atoms with Crippen LogP contribution < -0.4 is 0 Å². The van der Waals surface area contributed by atoms with Crippen molar-refractivity contribution >= 4 is 0 Å². The lowest BCUT2D eigenvalue weighted by atomic mass is 9.69. The molecule has 0 aliphatic heterocycles. The molecule has 0 saturated heterocycles. The number of rotatable bonds is 6. The highest BCUT2D eigenvalue weighted by atomic mass is 16.3. The molecule has 0 aromatic rings. The normalized spacial score (nSPS) is 33.4. The molecule has 1 fully saturated rings. The summed E-state index contributed by atoms with van der Waals surface area (Å²) in [5, 5.41) is 10.2. The van der Waals surface area contributed by atoms with Crippen LogP contribution >= 0.6 is 0 Å². The Bertz CT molecular complexity index is 202. The Morgan fingerprint density at radius 1 is 1.00 bits per heavy atom. The van der Waals surface area contributed by atoms with Crippen molar-refractivity contribution in [2.45, 2.75) is 78.7 Å². The molecule has 0 amide bonds. The SMILES string of the molecule is CCCC(C)C1CCC(O)C(C(C)CCC)C1. The molecule has 0 spiro atoms. The van der Waals surface area contributed by atoms with E-state index in [9.17, 15) is 5.11 Å². The summed E-state index contributed by atoms with van der Waals surface area (Å²) in [5.74, 6) is 2.98. The highest BCUT2D eigenvalue weighted by Gasteiger charge is 2.34. The van der Waals surface area contributed by atoms with E-state index in [2.05, 4.69) is 27.7 Å². The van der Waals surface area contributed by atoms with Crippen LogP contribution in [0.25, 0.3) is 0 Å². The predicted molar refractivity (Wildman–Crippen MR) is 75.0 cm³/mol. The minimum Gasteiger partial charge on any atom is -0.393 e. The molecular formula is C16H32O. The van der Waals surface area contributed by atoms with Gasteiger partial charge in [-0.25, -0.2) is 0 Å². The minimum atomic E-state index is -0.0263. The van der Waals surface area contributed by atoms with Crippen molar-refractivity contribution in [1.29, 1.82) is 0 Å². The number of aliphatic hydroxyl groups is 1. The summed E-state index contributed by atoms with van der Waals surface area (Å²) in [7, 11) is 0. The van der Waals surface area contributed by atoms with Gasteiger partial charge in [-0.2, -0.15) is 0 Å². The maximum absolute atomic E-state index is 10.2. The maximum Gasteiger partial charge on any atom is 0.0571 e. The summed E-state index contributed by atoms with van der Waals surface area (Å²) in [4.78, 5) is 0. The number of hydrogen-bond acceptors (Lipinski definition) is 1. The van der Waals surface area contributed by atoms with Crippen LogP contribution in [0.4, 0.5) is 0 Å². The van der Waals surface area contributed by atoms with E-state index >= 15 is 0 Å². The van der Waals surface area contributed by atoms with Gasteiger partial charge in [0.1, 0.15) is 0 Å². The van der Waals surface area contributed by atoms with Crippen molar-refractivity contribution in [3.63, 3.8) is 0 Å². The first kappa shape index (κ1) is 15.0. The Morgan fingerprint density at radius 3 is 2.18 bits per heavy atom. The molecule has 0 aromatic carbocycles. The van der Waals surface area contributed by atoms with E-state index in [1.165, 1.54) is 38.5 Å². The van der Waals surface area contributed by atoms with Gasteiger partial charge in [-0.05, 0) is 42.9 Å². The molecule has 1 nitrogen and oxygen atoms in total. The third-order valence-electron chi connectivity index (χ3n) is 4.93. The van der Waals surface area contributed by atoms with E-state index < -0.39 is 0 Å². The zero-order chi connectivity index (χ0) is 12.8. The van der Waals surface area contributed by atoms with Gasteiger partial charge in [0.25, 0.3) is 0 Å². The maximum atomic E-state index is 10.2. The van der Waals surface area contributed by atoms with Gasteiger partial charge < -0.3 is 5.11 Å². The van der Waals surface area contributed by atoms with Crippen LogP contribution in [-0.4, -0.2) is 11.2 Å². The molecule has 5 unspecified atom stereocenters. The predicted octanol–water partition coefficient (Wildman–Crippen LogP) is 4.64. The van der Waals surface area contributed by atoms with Crippen molar-refractivity contribution < 1.29 is 5.11 Å². The largest absolute Gasteiger partial charge is 0.393 e. The molecule has 1 aliphatic carbocycles. The second-order valence-electron chi connectivity index (χ2n) is 6.34. The smallest absolute Gasteiger partial charge is 0.0571 e. The Hall–Kier alpha value is -0.0400. The average Bonchev–Trinajstić information content (AvgIpc) is 2.30. The van der Waals surface area contributed by atoms with Gasteiger partial charge in [0.15, 0.2) is 0 Å². The van der Waals surface area contributed by atoms with Crippen LogP contribution in [0.15, 0.2) is 0 Å². The van der Waals surface area contributed by atoms with Crippen molar-refractivity contribution in [2.75, 3.05) is 0 Å². The van der Waals surface area contributed by atoms with Gasteiger partial charge in [0.05, 0.1) is 6.10 Å². The van der Waals surface area contributed by atoms with Crippen LogP contribution in [0.3, 0.4) is 0 Å². The highest BCUT2D eigenvalue weighted by molar-refractivity contribution is 4.84. The fraction of sp³-hybridized carbons (Fsp3) is 1.00. The highest BCUT2D eigenvalue weighted by Crippen LogP contribution is 2.39. The van der Waals surface area contributed by atoms with E-state index in [4.69, 9.17) is 0 Å². The summed E-state index contributed by atoms with van der Waals surface area (Å²) >= 11 is 0. The van der Waals surface area contributed by atoms with E-state index in [0.29, 0.717) is 11.8 Å². The lowest BCUT2D eigenvalue weighted by Crippen LogP contribution is -2.35. The molecule has 102 valence electrons. The lowest BCUT2D eigenvalue weighted by Gasteiger charge is -2.39. The van der Waals surface area contributed by atoms with Gasteiger partial charge in [0.2, 0.25) is 0 Å². The number of aliphatic hydroxyl groups excluding tert-OH is 1. The minimum absolute atomic E-state index is 0.0263. The molecule has 0 heterocycles. The summed E-state index contributed by atoms with van der Waals surface area (Å²) in [5.41, 5.74) is 0. The van der Waals surface area contributed by atoms with E-state index in [0.717, 1.165) is 18.3 Å². The van der Waals surface area contributed by atoms with Gasteiger partial charge in [-0.3, -0.25) is 0 Å². The first-order chi connectivity index (χ1) is 8.10. The molecule has 1 aliphatic rings. The third kappa shape index (κ3) is 4.28. The van der Waals surface area contributed by atoms with E-state index in [-0.39, 0.29) is 6.10 Å². The second-order valence-corrected chi connectivity index (χ2v) is 6.34. The van der Waals surface area contributed by atoms with Gasteiger partial charge in [-0.15, -0.1) is 0 Å². The molecule has 1 rings (SSSR count). The van der Waals surface area contributed by atoms with Gasteiger partial charge in [0, 0.05) is 0 Å². The molecule has 0 aromatic heterocycles. The summed E-state index contributed by atoms with van der Waals surface area (Å²) in [6.07, 6.45) is 8.71. The second kappa shape index (κ2) is 7.41. The number of hydrogen-bond donors (Lipinski definition) is 1. The standard InChI is InChI=1S/C16H32O/c1-5-7-12(3)14-9-10-16(17)15(11-14)13(4)8-6-2/h12-17H,5-11H2,1-4H3. The van der Waals surface area contributed by atoms with E-state index in [1.54, 1.807) is 0 Å². The molecule has 1 N–H and O–H groups in total. The molecule has 17 heavy (non-hydrogen) atoms. The van der Waals surface area contributed by atoms with Crippen LogP contribution in [0, 0.1) is 23.7 Å². The topological polar surface area (TPSA) is 20.2 Å². The Labute approximate surface area is 108 Å². The molecular weight excluding hydrogens is 208 g/mol.